The molecule has 0 saturated carbocycles. The molecule has 0 spiro atoms. The first kappa shape index (κ1) is 8.50. The molecule has 0 aliphatic carbocycles. The van der Waals surface area contributed by atoms with Crippen molar-refractivity contribution in [3.05, 3.63) is 15.5 Å². The van der Waals surface area contributed by atoms with Crippen LogP contribution in [-0.2, 0) is 6.42 Å². The van der Waals surface area contributed by atoms with E-state index < -0.39 is 0 Å². The number of alkyl halides is 1. The van der Waals surface area contributed by atoms with Gasteiger partial charge in [-0.1, -0.05) is 0 Å². The molecule has 0 aliphatic heterocycles. The average molecular weight is 241 g/mol. The lowest BCUT2D eigenvalue weighted by Gasteiger charge is -1.91. The van der Waals surface area contributed by atoms with Gasteiger partial charge in [0.2, 0.25) is 0 Å². The van der Waals surface area contributed by atoms with Gasteiger partial charge in [-0.15, -0.1) is 11.6 Å². The Labute approximate surface area is 77.7 Å². The summed E-state index contributed by atoms with van der Waals surface area (Å²) in [6.45, 7) is 0. The Kier molecular flexibility index (Phi) is 3.66. The number of aryl methyl sites for hydroxylation is 1. The minimum atomic E-state index is 0.727. The summed E-state index contributed by atoms with van der Waals surface area (Å²) >= 11 is 10.5. The standard InChI is InChI=1S/C6H7BrClNS/c7-5-4-9-10-6(5)2-1-3-8/h4H,1-3H2. The predicted octanol–water partition coefficient (Wildman–Crippen LogP) is 3.08. The molecule has 1 aromatic rings. The molecule has 1 nitrogen and oxygen atoms in total. The molecule has 0 bridgehead atoms. The molecule has 0 saturated heterocycles. The van der Waals surface area contributed by atoms with Crippen LogP contribution in [0.15, 0.2) is 10.7 Å². The number of hydrogen-bond donors (Lipinski definition) is 0. The van der Waals surface area contributed by atoms with E-state index in [-0.39, 0.29) is 0 Å². The normalized spacial score (nSPS) is 10.2. The molecule has 0 radical (unpaired) electrons. The average Bonchev–Trinajstić information content (AvgIpc) is 2.31. The van der Waals surface area contributed by atoms with Gasteiger partial charge in [0.1, 0.15) is 0 Å². The summed E-state index contributed by atoms with van der Waals surface area (Å²) in [7, 11) is 0. The van der Waals surface area contributed by atoms with Crippen LogP contribution in [0.2, 0.25) is 0 Å². The number of hydrogen-bond acceptors (Lipinski definition) is 2. The van der Waals surface area contributed by atoms with Gasteiger partial charge in [0.05, 0.1) is 10.7 Å². The fourth-order valence-electron chi connectivity index (χ4n) is 0.644. The molecule has 0 aliphatic rings. The highest BCUT2D eigenvalue weighted by atomic mass is 79.9. The van der Waals surface area contributed by atoms with Crippen LogP contribution >= 0.6 is 39.1 Å². The summed E-state index contributed by atoms with van der Waals surface area (Å²) in [5, 5.41) is 0. The zero-order chi connectivity index (χ0) is 7.40. The van der Waals surface area contributed by atoms with Crippen molar-refractivity contribution in [1.82, 2.24) is 4.37 Å². The van der Waals surface area contributed by atoms with Crippen molar-refractivity contribution in [2.24, 2.45) is 0 Å². The lowest BCUT2D eigenvalue weighted by atomic mass is 10.3. The molecule has 1 heterocycles. The Morgan fingerprint density at radius 1 is 1.70 bits per heavy atom. The van der Waals surface area contributed by atoms with E-state index in [1.165, 1.54) is 16.4 Å². The lowest BCUT2D eigenvalue weighted by Crippen LogP contribution is -1.81. The maximum atomic E-state index is 5.54. The van der Waals surface area contributed by atoms with E-state index in [1.807, 2.05) is 6.20 Å². The number of halogens is 2. The van der Waals surface area contributed by atoms with E-state index in [1.54, 1.807) is 0 Å². The maximum Gasteiger partial charge on any atom is 0.0552 e. The highest BCUT2D eigenvalue weighted by Crippen LogP contribution is 2.21. The highest BCUT2D eigenvalue weighted by molar-refractivity contribution is 9.10. The van der Waals surface area contributed by atoms with Crippen LogP contribution < -0.4 is 0 Å². The second-order valence-electron chi connectivity index (χ2n) is 1.89. The van der Waals surface area contributed by atoms with Gasteiger partial charge in [-0.05, 0) is 40.3 Å². The van der Waals surface area contributed by atoms with Gasteiger partial charge in [-0.3, -0.25) is 0 Å². The lowest BCUT2D eigenvalue weighted by molar-refractivity contribution is 0.943. The van der Waals surface area contributed by atoms with E-state index in [4.69, 9.17) is 11.6 Å². The smallest absolute Gasteiger partial charge is 0.0552 e. The Morgan fingerprint density at radius 2 is 2.50 bits per heavy atom. The van der Waals surface area contributed by atoms with Crippen LogP contribution in [0.1, 0.15) is 11.3 Å². The van der Waals surface area contributed by atoms with Crippen LogP contribution in [0.3, 0.4) is 0 Å². The molecule has 0 atom stereocenters. The molecule has 0 amide bonds. The Bertz CT molecular complexity index is 201. The largest absolute Gasteiger partial charge is 0.200 e. The third kappa shape index (κ3) is 2.22. The molecular formula is C6H7BrClNS. The first-order chi connectivity index (χ1) is 4.84. The Balaban J connectivity index is 2.49. The monoisotopic (exact) mass is 239 g/mol. The molecule has 1 rings (SSSR count). The molecule has 10 heavy (non-hydrogen) atoms. The summed E-state index contributed by atoms with van der Waals surface area (Å²) in [4.78, 5) is 1.29. The zero-order valence-electron chi connectivity index (χ0n) is 5.31. The van der Waals surface area contributed by atoms with Crippen LogP contribution in [0.4, 0.5) is 0 Å². The molecule has 0 fully saturated rings. The summed E-state index contributed by atoms with van der Waals surface area (Å²) in [5.74, 6) is 0.727. The minimum Gasteiger partial charge on any atom is -0.200 e. The summed E-state index contributed by atoms with van der Waals surface area (Å²) < 4.78 is 5.14. The molecule has 0 aromatic carbocycles. The van der Waals surface area contributed by atoms with Gasteiger partial charge in [-0.25, -0.2) is 0 Å². The Hall–Kier alpha value is 0.400. The fourth-order valence-corrected chi connectivity index (χ4v) is 2.09. The van der Waals surface area contributed by atoms with Crippen molar-refractivity contribution >= 4 is 39.1 Å². The van der Waals surface area contributed by atoms with Crippen molar-refractivity contribution < 1.29 is 0 Å². The second-order valence-corrected chi connectivity index (χ2v) is 4.01. The fraction of sp³-hybridized carbons (Fsp3) is 0.500. The molecule has 0 unspecified atom stereocenters. The van der Waals surface area contributed by atoms with Crippen LogP contribution in [0.25, 0.3) is 0 Å². The predicted molar refractivity (Wildman–Crippen MR) is 48.9 cm³/mol. The molecule has 1 aromatic heterocycles. The van der Waals surface area contributed by atoms with Gasteiger partial charge < -0.3 is 0 Å². The number of aromatic nitrogens is 1. The summed E-state index contributed by atoms with van der Waals surface area (Å²) in [5.41, 5.74) is 0. The van der Waals surface area contributed by atoms with E-state index in [0.717, 1.165) is 23.2 Å². The topological polar surface area (TPSA) is 12.9 Å². The van der Waals surface area contributed by atoms with Crippen molar-refractivity contribution in [1.29, 1.82) is 0 Å². The minimum absolute atomic E-state index is 0.727. The summed E-state index contributed by atoms with van der Waals surface area (Å²) in [6.07, 6.45) is 3.89. The SMILES string of the molecule is ClCCCc1sncc1Br. The van der Waals surface area contributed by atoms with Crippen LogP contribution in [-0.4, -0.2) is 10.3 Å². The molecule has 4 heteroatoms. The van der Waals surface area contributed by atoms with Gasteiger partial charge in [0.25, 0.3) is 0 Å². The zero-order valence-corrected chi connectivity index (χ0v) is 8.47. The van der Waals surface area contributed by atoms with Crippen molar-refractivity contribution in [2.45, 2.75) is 12.8 Å². The van der Waals surface area contributed by atoms with Gasteiger partial charge in [-0.2, -0.15) is 4.37 Å². The van der Waals surface area contributed by atoms with E-state index >= 15 is 0 Å². The third-order valence-electron chi connectivity index (χ3n) is 1.13. The van der Waals surface area contributed by atoms with Crippen molar-refractivity contribution in [3.63, 3.8) is 0 Å². The van der Waals surface area contributed by atoms with Crippen LogP contribution in [0, 0.1) is 0 Å². The van der Waals surface area contributed by atoms with Crippen molar-refractivity contribution in [2.75, 3.05) is 5.88 Å². The first-order valence-electron chi connectivity index (χ1n) is 2.99. The second kappa shape index (κ2) is 4.31. The quantitative estimate of drug-likeness (QED) is 0.740. The Morgan fingerprint density at radius 3 is 3.00 bits per heavy atom. The first-order valence-corrected chi connectivity index (χ1v) is 5.09. The van der Waals surface area contributed by atoms with E-state index in [2.05, 4.69) is 20.3 Å². The summed E-state index contributed by atoms with van der Waals surface area (Å²) in [6, 6.07) is 0. The molecule has 56 valence electrons. The third-order valence-corrected chi connectivity index (χ3v) is 3.20. The van der Waals surface area contributed by atoms with Gasteiger partial charge >= 0.3 is 0 Å². The highest BCUT2D eigenvalue weighted by Gasteiger charge is 2.00. The van der Waals surface area contributed by atoms with Gasteiger partial charge in [0, 0.05) is 10.8 Å². The van der Waals surface area contributed by atoms with Crippen molar-refractivity contribution in [3.8, 4) is 0 Å². The molecule has 0 N–H and O–H groups in total. The van der Waals surface area contributed by atoms with Crippen LogP contribution in [0.5, 0.6) is 0 Å². The van der Waals surface area contributed by atoms with Gasteiger partial charge in [0.15, 0.2) is 0 Å². The maximum absolute atomic E-state index is 5.54. The van der Waals surface area contributed by atoms with E-state index in [9.17, 15) is 0 Å². The number of nitrogens with zero attached hydrogens (tertiary/aromatic N) is 1. The number of rotatable bonds is 3. The van der Waals surface area contributed by atoms with E-state index in [0.29, 0.717) is 0 Å². The molecular weight excluding hydrogens is 233 g/mol.